The molecule has 164 valence electrons. The fourth-order valence-electron chi connectivity index (χ4n) is 3.84. The van der Waals surface area contributed by atoms with E-state index in [0.717, 1.165) is 41.8 Å². The number of rotatable bonds is 14. The van der Waals surface area contributed by atoms with Gasteiger partial charge in [-0.25, -0.2) is 0 Å². The second kappa shape index (κ2) is 13.1. The first-order chi connectivity index (χ1) is 14.1. The lowest BCUT2D eigenvalue weighted by atomic mass is 9.96. The molecule has 0 saturated heterocycles. The third-order valence-corrected chi connectivity index (χ3v) is 11.5. The highest BCUT2D eigenvalue weighted by atomic mass is 127. The van der Waals surface area contributed by atoms with Gasteiger partial charge >= 0.3 is 0 Å². The van der Waals surface area contributed by atoms with Crippen LogP contribution < -0.4 is 0 Å². The number of benzene rings is 1. The van der Waals surface area contributed by atoms with Gasteiger partial charge < -0.3 is 14.0 Å². The maximum Gasteiger partial charge on any atom is 0.192 e. The number of ether oxygens (including phenoxy) is 1. The van der Waals surface area contributed by atoms with E-state index in [0.29, 0.717) is 19.1 Å². The first-order valence-corrected chi connectivity index (χ1v) is 15.2. The Labute approximate surface area is 192 Å². The van der Waals surface area contributed by atoms with Crippen LogP contribution in [0.5, 0.6) is 0 Å². The lowest BCUT2D eigenvalue weighted by molar-refractivity contribution is -0.0265. The molecular formula is C23H38INO3Si. The molecular weight excluding hydrogens is 493 g/mol. The van der Waals surface area contributed by atoms with Crippen molar-refractivity contribution in [3.8, 4) is 0 Å². The van der Waals surface area contributed by atoms with Crippen molar-refractivity contribution in [1.29, 1.82) is 0 Å². The average Bonchev–Trinajstić information content (AvgIpc) is 3.25. The summed E-state index contributed by atoms with van der Waals surface area (Å²) in [5.74, 6) is 0.484. The molecule has 1 aromatic rings. The van der Waals surface area contributed by atoms with Gasteiger partial charge in [-0.1, -0.05) is 85.8 Å². The molecule has 0 bridgehead atoms. The maximum absolute atomic E-state index is 6.87. The van der Waals surface area contributed by atoms with Gasteiger partial charge in [-0.3, -0.25) is 0 Å². The smallest absolute Gasteiger partial charge is 0.192 e. The minimum Gasteiger partial charge on any atom is -0.410 e. The average molecular weight is 532 g/mol. The van der Waals surface area contributed by atoms with E-state index < -0.39 is 8.32 Å². The molecule has 1 aliphatic heterocycles. The highest BCUT2D eigenvalue weighted by Crippen LogP contribution is 2.30. The Hall–Kier alpha value is -0.443. The zero-order valence-electron chi connectivity index (χ0n) is 18.5. The molecule has 0 fully saturated rings. The van der Waals surface area contributed by atoms with Gasteiger partial charge in [-0.05, 0) is 42.5 Å². The van der Waals surface area contributed by atoms with E-state index in [4.69, 9.17) is 14.0 Å². The summed E-state index contributed by atoms with van der Waals surface area (Å²) in [6, 6.07) is 13.8. The Morgan fingerprint density at radius 2 is 1.83 bits per heavy atom. The lowest BCUT2D eigenvalue weighted by Gasteiger charge is -2.35. The fraction of sp³-hybridized carbons (Fsp3) is 0.696. The van der Waals surface area contributed by atoms with Crippen molar-refractivity contribution in [3.05, 3.63) is 35.9 Å². The van der Waals surface area contributed by atoms with Crippen LogP contribution in [0, 0.1) is 5.92 Å². The minimum absolute atomic E-state index is 0.0264. The van der Waals surface area contributed by atoms with Crippen LogP contribution in [0.25, 0.3) is 0 Å². The predicted molar refractivity (Wildman–Crippen MR) is 132 cm³/mol. The number of halogens is 1. The molecule has 0 aromatic heterocycles. The van der Waals surface area contributed by atoms with Gasteiger partial charge in [-0.15, -0.1) is 0 Å². The first-order valence-electron chi connectivity index (χ1n) is 11.2. The minimum atomic E-state index is -1.72. The summed E-state index contributed by atoms with van der Waals surface area (Å²) in [6.07, 6.45) is 2.99. The highest BCUT2D eigenvalue weighted by Gasteiger charge is 2.38. The molecule has 1 aromatic carbocycles. The van der Waals surface area contributed by atoms with E-state index in [1.165, 1.54) is 11.3 Å². The largest absolute Gasteiger partial charge is 0.410 e. The van der Waals surface area contributed by atoms with Crippen LogP contribution in [-0.2, 0) is 20.6 Å². The summed E-state index contributed by atoms with van der Waals surface area (Å²) < 4.78 is 14.0. The number of hydrogen-bond acceptors (Lipinski definition) is 4. The Kier molecular flexibility index (Phi) is 11.2. The molecule has 0 N–H and O–H groups in total. The fourth-order valence-corrected chi connectivity index (χ4v) is 7.69. The van der Waals surface area contributed by atoms with Crippen molar-refractivity contribution in [3.63, 3.8) is 0 Å². The van der Waals surface area contributed by atoms with Gasteiger partial charge in [0.15, 0.2) is 14.4 Å². The van der Waals surface area contributed by atoms with Crippen LogP contribution in [0.3, 0.4) is 0 Å². The molecule has 2 rings (SSSR count). The zero-order chi connectivity index (χ0) is 21.1. The topological polar surface area (TPSA) is 40.0 Å². The van der Waals surface area contributed by atoms with Crippen molar-refractivity contribution >= 4 is 36.6 Å². The van der Waals surface area contributed by atoms with E-state index in [2.05, 4.69) is 79.7 Å². The Morgan fingerprint density at radius 3 is 2.45 bits per heavy atom. The van der Waals surface area contributed by atoms with E-state index in [9.17, 15) is 0 Å². The molecule has 6 heteroatoms. The first kappa shape index (κ1) is 24.8. The molecule has 1 heterocycles. The van der Waals surface area contributed by atoms with E-state index in [1.54, 1.807) is 0 Å². The van der Waals surface area contributed by atoms with Crippen LogP contribution in [0.15, 0.2) is 35.5 Å². The summed E-state index contributed by atoms with van der Waals surface area (Å²) in [5.41, 5.74) is 2.40. The SMILES string of the molecule is CC[Si](CC)(CC)O[C@@H](CCOCc1ccccc1)[C@@H]1CC([C@@H](C)CCI)=NO1. The van der Waals surface area contributed by atoms with Gasteiger partial charge in [0.25, 0.3) is 0 Å². The standard InChI is InChI=1S/C23H38INO3Si/c1-5-29(6-2,7-3)28-22(14-16-26-18-20-11-9-8-10-12-20)23-17-21(25-27-23)19(4)13-15-24/h8-12,19,22-23H,5-7,13-18H2,1-4H3/t19-,22-,23-/m0/s1. The Morgan fingerprint density at radius 1 is 1.14 bits per heavy atom. The number of nitrogens with zero attached hydrogens (tertiary/aromatic N) is 1. The van der Waals surface area contributed by atoms with Crippen molar-refractivity contribution in [1.82, 2.24) is 0 Å². The summed E-state index contributed by atoms with van der Waals surface area (Å²) in [4.78, 5) is 5.92. The van der Waals surface area contributed by atoms with Crippen LogP contribution in [0.2, 0.25) is 18.1 Å². The Balaban J connectivity index is 1.96. The third-order valence-electron chi connectivity index (χ3n) is 6.23. The van der Waals surface area contributed by atoms with Crippen LogP contribution in [-0.4, -0.2) is 37.3 Å². The molecule has 29 heavy (non-hydrogen) atoms. The summed E-state index contributed by atoms with van der Waals surface area (Å²) in [5, 5.41) is 4.45. The van der Waals surface area contributed by atoms with E-state index >= 15 is 0 Å². The summed E-state index contributed by atoms with van der Waals surface area (Å²) >= 11 is 2.44. The summed E-state index contributed by atoms with van der Waals surface area (Å²) in [6.45, 7) is 10.4. The molecule has 3 atom stereocenters. The van der Waals surface area contributed by atoms with E-state index in [-0.39, 0.29) is 12.2 Å². The molecule has 1 aliphatic rings. The molecule has 0 spiro atoms. The van der Waals surface area contributed by atoms with Gasteiger partial charge in [0, 0.05) is 17.5 Å². The molecule has 0 aliphatic carbocycles. The van der Waals surface area contributed by atoms with Crippen LogP contribution >= 0.6 is 22.6 Å². The second-order valence-electron chi connectivity index (χ2n) is 8.04. The highest BCUT2D eigenvalue weighted by molar-refractivity contribution is 14.1. The van der Waals surface area contributed by atoms with Crippen LogP contribution in [0.1, 0.15) is 52.5 Å². The van der Waals surface area contributed by atoms with Gasteiger partial charge in [0.05, 0.1) is 18.4 Å². The number of oxime groups is 1. The third kappa shape index (κ3) is 7.63. The van der Waals surface area contributed by atoms with E-state index in [1.807, 2.05) is 6.07 Å². The monoisotopic (exact) mass is 531 g/mol. The predicted octanol–water partition coefficient (Wildman–Crippen LogP) is 6.59. The number of alkyl halides is 1. The lowest BCUT2D eigenvalue weighted by Crippen LogP contribution is -2.44. The van der Waals surface area contributed by atoms with Gasteiger partial charge in [0.1, 0.15) is 0 Å². The summed E-state index contributed by atoms with van der Waals surface area (Å²) in [7, 11) is -1.72. The zero-order valence-corrected chi connectivity index (χ0v) is 21.7. The molecule has 0 saturated carbocycles. The van der Waals surface area contributed by atoms with Gasteiger partial charge in [0.2, 0.25) is 0 Å². The van der Waals surface area contributed by atoms with Crippen molar-refractivity contribution in [2.75, 3.05) is 11.0 Å². The van der Waals surface area contributed by atoms with Crippen molar-refractivity contribution in [2.24, 2.45) is 11.1 Å². The Bertz CT molecular complexity index is 601. The normalized spacial score (nSPS) is 18.9. The second-order valence-corrected chi connectivity index (χ2v) is 13.8. The maximum atomic E-state index is 6.87. The number of hydrogen-bond donors (Lipinski definition) is 0. The molecule has 0 unspecified atom stereocenters. The molecule has 0 radical (unpaired) electrons. The van der Waals surface area contributed by atoms with Gasteiger partial charge in [-0.2, -0.15) is 0 Å². The molecule has 0 amide bonds. The molecule has 4 nitrogen and oxygen atoms in total. The van der Waals surface area contributed by atoms with Crippen molar-refractivity contribution < 1.29 is 14.0 Å². The quantitative estimate of drug-likeness (QED) is 0.118. The van der Waals surface area contributed by atoms with Crippen LogP contribution in [0.4, 0.5) is 0 Å². The van der Waals surface area contributed by atoms with Crippen molar-refractivity contribution in [2.45, 2.75) is 83.9 Å².